The molecule has 0 bridgehead atoms. The summed E-state index contributed by atoms with van der Waals surface area (Å²) >= 11 is 0. The number of hydrogen-bond acceptors (Lipinski definition) is 2. The standard InChI is InChI=1S/C8H12N2O2/c1-7(2)4-3-5-12-8(11)6-10-9/h3-4,6-7H,5H2,1-2H3/b4-3+. The summed E-state index contributed by atoms with van der Waals surface area (Å²) in [7, 11) is 0. The highest BCUT2D eigenvalue weighted by Gasteiger charge is 1.99. The Morgan fingerprint density at radius 1 is 1.67 bits per heavy atom. The largest absolute Gasteiger partial charge is 0.453 e. The Balaban J connectivity index is 3.56. The number of nitrogens with zero attached hydrogens (tertiary/aromatic N) is 2. The molecule has 0 aliphatic carbocycles. The molecule has 0 aromatic rings. The normalized spacial score (nSPS) is 9.92. The van der Waals surface area contributed by atoms with Crippen LogP contribution in [-0.4, -0.2) is 23.6 Å². The smallest absolute Gasteiger partial charge is 0.413 e. The Bertz CT molecular complexity index is 215. The monoisotopic (exact) mass is 168 g/mol. The van der Waals surface area contributed by atoms with Crippen molar-refractivity contribution in [2.45, 2.75) is 13.8 Å². The molecule has 0 N–H and O–H groups in total. The molecule has 0 saturated carbocycles. The highest BCUT2D eigenvalue weighted by Crippen LogP contribution is 1.92. The van der Waals surface area contributed by atoms with Gasteiger partial charge in [-0.05, 0) is 5.92 Å². The summed E-state index contributed by atoms with van der Waals surface area (Å²) in [5, 5.41) is 0. The van der Waals surface area contributed by atoms with Crippen LogP contribution in [0.1, 0.15) is 13.8 Å². The molecule has 4 heteroatoms. The van der Waals surface area contributed by atoms with Crippen LogP contribution in [0.25, 0.3) is 5.53 Å². The molecule has 0 unspecified atom stereocenters. The van der Waals surface area contributed by atoms with Crippen LogP contribution in [0, 0.1) is 5.92 Å². The molecule has 0 saturated heterocycles. The number of hydrogen-bond donors (Lipinski definition) is 0. The first kappa shape index (κ1) is 10.6. The molecule has 0 aromatic heterocycles. The first-order valence-electron chi connectivity index (χ1n) is 3.67. The fourth-order valence-corrected chi connectivity index (χ4v) is 0.542. The molecular formula is C8H12N2O2. The van der Waals surface area contributed by atoms with Gasteiger partial charge in [0.2, 0.25) is 0 Å². The van der Waals surface area contributed by atoms with E-state index in [0.717, 1.165) is 0 Å². The van der Waals surface area contributed by atoms with Crippen LogP contribution in [0.2, 0.25) is 0 Å². The van der Waals surface area contributed by atoms with E-state index >= 15 is 0 Å². The van der Waals surface area contributed by atoms with Crippen molar-refractivity contribution >= 4 is 12.2 Å². The summed E-state index contributed by atoms with van der Waals surface area (Å²) in [5.41, 5.74) is 7.93. The summed E-state index contributed by atoms with van der Waals surface area (Å²) < 4.78 is 4.60. The van der Waals surface area contributed by atoms with E-state index in [-0.39, 0.29) is 6.61 Å². The summed E-state index contributed by atoms with van der Waals surface area (Å²) in [6.07, 6.45) is 4.38. The van der Waals surface area contributed by atoms with Gasteiger partial charge in [0, 0.05) is 0 Å². The van der Waals surface area contributed by atoms with Crippen molar-refractivity contribution in [2.75, 3.05) is 6.61 Å². The second-order valence-electron chi connectivity index (χ2n) is 2.55. The van der Waals surface area contributed by atoms with Gasteiger partial charge in [-0.3, -0.25) is 0 Å². The highest BCUT2D eigenvalue weighted by molar-refractivity contribution is 6.20. The lowest BCUT2D eigenvalue weighted by molar-refractivity contribution is -0.137. The Morgan fingerprint density at radius 3 is 2.83 bits per heavy atom. The molecule has 0 rings (SSSR count). The van der Waals surface area contributed by atoms with Crippen LogP contribution in [0.5, 0.6) is 0 Å². The number of esters is 1. The zero-order valence-corrected chi connectivity index (χ0v) is 7.23. The maximum absolute atomic E-state index is 10.5. The molecule has 0 heterocycles. The third-order valence-corrected chi connectivity index (χ3v) is 1.01. The third kappa shape index (κ3) is 6.71. The van der Waals surface area contributed by atoms with Crippen molar-refractivity contribution in [3.63, 3.8) is 0 Å². The SMILES string of the molecule is CC(C)/C=C/COC(=O)C=[N+]=[N-]. The van der Waals surface area contributed by atoms with Gasteiger partial charge in [0.1, 0.15) is 6.61 Å². The first-order valence-corrected chi connectivity index (χ1v) is 3.67. The summed E-state index contributed by atoms with van der Waals surface area (Å²) in [4.78, 5) is 13.0. The van der Waals surface area contributed by atoms with E-state index in [1.165, 1.54) is 0 Å². The summed E-state index contributed by atoms with van der Waals surface area (Å²) in [5.74, 6) is -0.207. The van der Waals surface area contributed by atoms with Crippen LogP contribution < -0.4 is 0 Å². The van der Waals surface area contributed by atoms with Gasteiger partial charge in [-0.1, -0.05) is 26.0 Å². The average molecular weight is 168 g/mol. The molecule has 0 aliphatic rings. The molecule has 12 heavy (non-hydrogen) atoms. The van der Waals surface area contributed by atoms with Crippen molar-refractivity contribution in [3.05, 3.63) is 17.7 Å². The van der Waals surface area contributed by atoms with Gasteiger partial charge in [0.15, 0.2) is 0 Å². The second kappa shape index (κ2) is 6.31. The topological polar surface area (TPSA) is 62.7 Å². The Labute approximate surface area is 71.5 Å². The van der Waals surface area contributed by atoms with Gasteiger partial charge in [0.05, 0.1) is 0 Å². The molecule has 4 nitrogen and oxygen atoms in total. The number of allylic oxidation sites excluding steroid dienone is 1. The van der Waals surface area contributed by atoms with Gasteiger partial charge in [-0.2, -0.15) is 4.79 Å². The van der Waals surface area contributed by atoms with Crippen LogP contribution in [0.3, 0.4) is 0 Å². The van der Waals surface area contributed by atoms with Crippen molar-refractivity contribution in [1.29, 1.82) is 0 Å². The third-order valence-electron chi connectivity index (χ3n) is 1.01. The van der Waals surface area contributed by atoms with E-state index in [1.54, 1.807) is 6.08 Å². The van der Waals surface area contributed by atoms with Gasteiger partial charge in [-0.15, -0.1) is 0 Å². The minimum Gasteiger partial charge on any atom is -0.453 e. The maximum Gasteiger partial charge on any atom is 0.413 e. The van der Waals surface area contributed by atoms with Gasteiger partial charge < -0.3 is 10.3 Å². The van der Waals surface area contributed by atoms with E-state index in [4.69, 9.17) is 5.53 Å². The first-order chi connectivity index (χ1) is 5.66. The number of carbonyl (C=O) groups excluding carboxylic acids is 1. The maximum atomic E-state index is 10.5. The predicted octanol–water partition coefficient (Wildman–Crippen LogP) is 1.04. The lowest BCUT2D eigenvalue weighted by atomic mass is 10.2. The zero-order valence-electron chi connectivity index (χ0n) is 7.23. The van der Waals surface area contributed by atoms with Crippen LogP contribution >= 0.6 is 0 Å². The van der Waals surface area contributed by atoms with Crippen molar-refractivity contribution < 1.29 is 14.3 Å². The minimum atomic E-state index is -0.647. The van der Waals surface area contributed by atoms with Gasteiger partial charge >= 0.3 is 12.2 Å². The van der Waals surface area contributed by atoms with Crippen LogP contribution in [0.15, 0.2) is 12.2 Å². The Hall–Kier alpha value is -1.41. The molecule has 0 aliphatic heterocycles. The summed E-state index contributed by atoms with van der Waals surface area (Å²) in [6.45, 7) is 4.25. The predicted molar refractivity (Wildman–Crippen MR) is 44.6 cm³/mol. The van der Waals surface area contributed by atoms with E-state index in [2.05, 4.69) is 9.53 Å². The molecule has 0 spiro atoms. The fourth-order valence-electron chi connectivity index (χ4n) is 0.542. The van der Waals surface area contributed by atoms with Crippen molar-refractivity contribution in [3.8, 4) is 0 Å². The molecule has 66 valence electrons. The van der Waals surface area contributed by atoms with Crippen LogP contribution in [-0.2, 0) is 9.53 Å². The van der Waals surface area contributed by atoms with E-state index in [0.29, 0.717) is 12.1 Å². The Kier molecular flexibility index (Phi) is 5.57. The molecule has 0 atom stereocenters. The van der Waals surface area contributed by atoms with Crippen molar-refractivity contribution in [1.82, 2.24) is 0 Å². The molecule has 0 amide bonds. The number of ether oxygens (including phenoxy) is 1. The quantitative estimate of drug-likeness (QED) is 0.207. The molecule has 0 aromatic carbocycles. The van der Waals surface area contributed by atoms with Gasteiger partial charge in [-0.25, -0.2) is 4.79 Å². The summed E-state index contributed by atoms with van der Waals surface area (Å²) in [6, 6.07) is 0. The molecule has 0 radical (unpaired) electrons. The lowest BCUT2D eigenvalue weighted by Gasteiger charge is -1.94. The van der Waals surface area contributed by atoms with E-state index in [9.17, 15) is 4.79 Å². The van der Waals surface area contributed by atoms with E-state index < -0.39 is 5.97 Å². The second-order valence-corrected chi connectivity index (χ2v) is 2.55. The van der Waals surface area contributed by atoms with E-state index in [1.807, 2.05) is 19.9 Å². The van der Waals surface area contributed by atoms with Crippen LogP contribution in [0.4, 0.5) is 0 Å². The number of rotatable bonds is 4. The number of carbonyl (C=O) groups is 1. The zero-order chi connectivity index (χ0) is 9.40. The van der Waals surface area contributed by atoms with Gasteiger partial charge in [0.25, 0.3) is 0 Å². The average Bonchev–Trinajstić information content (AvgIpc) is 1.98. The minimum absolute atomic E-state index is 0.211. The Morgan fingerprint density at radius 2 is 2.33 bits per heavy atom. The fraction of sp³-hybridized carbons (Fsp3) is 0.500. The lowest BCUT2D eigenvalue weighted by Crippen LogP contribution is -2.05. The molecule has 0 fully saturated rings. The highest BCUT2D eigenvalue weighted by atomic mass is 16.5. The molecular weight excluding hydrogens is 156 g/mol. The van der Waals surface area contributed by atoms with Crippen molar-refractivity contribution in [2.24, 2.45) is 5.92 Å².